The molecular formula is C9H14O4. The monoisotopic (exact) mass is 186 g/mol. The molecule has 2 atom stereocenters. The Hall–Kier alpha value is -1.06. The smallest absolute Gasteiger partial charge is 0.309 e. The van der Waals surface area contributed by atoms with Gasteiger partial charge in [0, 0.05) is 0 Å². The van der Waals surface area contributed by atoms with Crippen LogP contribution in [-0.4, -0.2) is 24.2 Å². The molecule has 1 saturated carbocycles. The molecule has 1 rings (SSSR count). The van der Waals surface area contributed by atoms with Crippen molar-refractivity contribution in [1.29, 1.82) is 0 Å². The van der Waals surface area contributed by atoms with E-state index in [0.717, 1.165) is 0 Å². The van der Waals surface area contributed by atoms with E-state index in [2.05, 4.69) is 4.74 Å². The summed E-state index contributed by atoms with van der Waals surface area (Å²) >= 11 is 0. The topological polar surface area (TPSA) is 63.6 Å². The number of carboxylic acids is 1. The summed E-state index contributed by atoms with van der Waals surface area (Å²) in [5.41, 5.74) is -0.737. The number of carboxylic acid groups (broad SMARTS) is 1. The first-order chi connectivity index (χ1) is 5.99. The molecule has 0 bridgehead atoms. The molecule has 1 aliphatic carbocycles. The first kappa shape index (κ1) is 10.0. The zero-order chi connectivity index (χ0) is 10.1. The standard InChI is InChI=1S/C9H14O4/c1-9(8(11)12)4-3-6(5-9)7(10)13-2/h6H,3-5H2,1-2H3,(H,11,12). The number of aliphatic carboxylic acids is 1. The van der Waals surface area contributed by atoms with E-state index in [1.165, 1.54) is 7.11 Å². The summed E-state index contributed by atoms with van der Waals surface area (Å²) in [5, 5.41) is 8.89. The van der Waals surface area contributed by atoms with Crippen LogP contribution in [0.5, 0.6) is 0 Å². The number of rotatable bonds is 2. The largest absolute Gasteiger partial charge is 0.481 e. The molecule has 4 nitrogen and oxygen atoms in total. The summed E-state index contributed by atoms with van der Waals surface area (Å²) in [6.07, 6.45) is 1.58. The van der Waals surface area contributed by atoms with Crippen LogP contribution < -0.4 is 0 Å². The highest BCUT2D eigenvalue weighted by molar-refractivity contribution is 5.78. The van der Waals surface area contributed by atoms with Crippen molar-refractivity contribution in [3.8, 4) is 0 Å². The summed E-state index contributed by atoms with van der Waals surface area (Å²) < 4.78 is 4.58. The maximum absolute atomic E-state index is 11.1. The van der Waals surface area contributed by atoms with E-state index in [1.54, 1.807) is 6.92 Å². The lowest BCUT2D eigenvalue weighted by atomic mass is 9.88. The van der Waals surface area contributed by atoms with Crippen LogP contribution in [0.1, 0.15) is 26.2 Å². The number of hydrogen-bond acceptors (Lipinski definition) is 3. The number of esters is 1. The quantitative estimate of drug-likeness (QED) is 0.655. The molecule has 2 unspecified atom stereocenters. The third kappa shape index (κ3) is 1.82. The van der Waals surface area contributed by atoms with Crippen molar-refractivity contribution in [2.75, 3.05) is 7.11 Å². The minimum Gasteiger partial charge on any atom is -0.481 e. The predicted molar refractivity (Wildman–Crippen MR) is 45.1 cm³/mol. The van der Waals surface area contributed by atoms with E-state index >= 15 is 0 Å². The third-order valence-corrected chi connectivity index (χ3v) is 2.79. The Bertz CT molecular complexity index is 236. The van der Waals surface area contributed by atoms with Gasteiger partial charge in [-0.2, -0.15) is 0 Å². The number of carbonyl (C=O) groups excluding carboxylic acids is 1. The van der Waals surface area contributed by atoms with Gasteiger partial charge in [-0.3, -0.25) is 9.59 Å². The highest BCUT2D eigenvalue weighted by Gasteiger charge is 2.44. The molecule has 4 heteroatoms. The van der Waals surface area contributed by atoms with Gasteiger partial charge in [0.05, 0.1) is 18.4 Å². The molecule has 0 heterocycles. The predicted octanol–water partition coefficient (Wildman–Crippen LogP) is 1.05. The Morgan fingerprint density at radius 2 is 2.15 bits per heavy atom. The van der Waals surface area contributed by atoms with Crippen LogP contribution in [0.4, 0.5) is 0 Å². The maximum Gasteiger partial charge on any atom is 0.309 e. The van der Waals surface area contributed by atoms with Gasteiger partial charge in [0.1, 0.15) is 0 Å². The molecule has 74 valence electrons. The normalized spacial score (nSPS) is 32.9. The molecule has 0 radical (unpaired) electrons. The number of hydrogen-bond donors (Lipinski definition) is 1. The first-order valence-electron chi connectivity index (χ1n) is 4.31. The molecule has 0 aromatic heterocycles. The van der Waals surface area contributed by atoms with Crippen LogP contribution in [0.25, 0.3) is 0 Å². The number of carbonyl (C=O) groups is 2. The van der Waals surface area contributed by atoms with Gasteiger partial charge < -0.3 is 9.84 Å². The second-order valence-electron chi connectivity index (χ2n) is 3.83. The average molecular weight is 186 g/mol. The SMILES string of the molecule is COC(=O)C1CCC(C)(C(=O)O)C1. The van der Waals surface area contributed by atoms with E-state index in [9.17, 15) is 9.59 Å². The van der Waals surface area contributed by atoms with Gasteiger partial charge >= 0.3 is 11.9 Å². The molecule has 0 aromatic carbocycles. The van der Waals surface area contributed by atoms with E-state index in [0.29, 0.717) is 19.3 Å². The molecule has 0 aliphatic heterocycles. The molecule has 1 N–H and O–H groups in total. The zero-order valence-corrected chi connectivity index (χ0v) is 7.87. The van der Waals surface area contributed by atoms with Crippen molar-refractivity contribution in [2.45, 2.75) is 26.2 Å². The average Bonchev–Trinajstić information content (AvgIpc) is 2.48. The summed E-state index contributed by atoms with van der Waals surface area (Å²) in [5.74, 6) is -1.34. The molecule has 1 aliphatic rings. The minimum absolute atomic E-state index is 0.230. The number of ether oxygens (including phenoxy) is 1. The van der Waals surface area contributed by atoms with Crippen molar-refractivity contribution < 1.29 is 19.4 Å². The van der Waals surface area contributed by atoms with E-state index in [-0.39, 0.29) is 11.9 Å². The minimum atomic E-state index is -0.820. The molecule has 13 heavy (non-hydrogen) atoms. The van der Waals surface area contributed by atoms with Gasteiger partial charge in [0.25, 0.3) is 0 Å². The van der Waals surface area contributed by atoms with Gasteiger partial charge in [-0.15, -0.1) is 0 Å². The Labute approximate surface area is 76.9 Å². The van der Waals surface area contributed by atoms with Crippen LogP contribution in [0, 0.1) is 11.3 Å². The summed E-state index contributed by atoms with van der Waals surface area (Å²) in [6.45, 7) is 1.68. The fourth-order valence-electron chi connectivity index (χ4n) is 1.80. The summed E-state index contributed by atoms with van der Waals surface area (Å²) in [6, 6.07) is 0. The maximum atomic E-state index is 11.1. The lowest BCUT2D eigenvalue weighted by Gasteiger charge is -2.17. The Morgan fingerprint density at radius 1 is 1.54 bits per heavy atom. The van der Waals surface area contributed by atoms with Gasteiger partial charge in [-0.1, -0.05) is 0 Å². The Morgan fingerprint density at radius 3 is 2.54 bits per heavy atom. The van der Waals surface area contributed by atoms with Crippen LogP contribution in [0.2, 0.25) is 0 Å². The Balaban J connectivity index is 2.63. The van der Waals surface area contributed by atoms with E-state index in [1.807, 2.05) is 0 Å². The van der Waals surface area contributed by atoms with Crippen LogP contribution in [-0.2, 0) is 14.3 Å². The highest BCUT2D eigenvalue weighted by Crippen LogP contribution is 2.41. The fourth-order valence-corrected chi connectivity index (χ4v) is 1.80. The third-order valence-electron chi connectivity index (χ3n) is 2.79. The molecular weight excluding hydrogens is 172 g/mol. The molecule has 0 saturated heterocycles. The molecule has 1 fully saturated rings. The first-order valence-corrected chi connectivity index (χ1v) is 4.31. The van der Waals surface area contributed by atoms with Gasteiger partial charge in [0.15, 0.2) is 0 Å². The van der Waals surface area contributed by atoms with E-state index < -0.39 is 11.4 Å². The van der Waals surface area contributed by atoms with E-state index in [4.69, 9.17) is 5.11 Å². The number of methoxy groups -OCH3 is 1. The van der Waals surface area contributed by atoms with Crippen LogP contribution in [0.15, 0.2) is 0 Å². The summed E-state index contributed by atoms with van der Waals surface area (Å²) in [4.78, 5) is 21.9. The van der Waals surface area contributed by atoms with Gasteiger partial charge in [-0.25, -0.2) is 0 Å². The molecule has 0 amide bonds. The fraction of sp³-hybridized carbons (Fsp3) is 0.778. The van der Waals surface area contributed by atoms with Crippen LogP contribution >= 0.6 is 0 Å². The highest BCUT2D eigenvalue weighted by atomic mass is 16.5. The summed E-state index contributed by atoms with van der Waals surface area (Å²) in [7, 11) is 1.33. The molecule has 0 spiro atoms. The van der Waals surface area contributed by atoms with Crippen molar-refractivity contribution >= 4 is 11.9 Å². The van der Waals surface area contributed by atoms with Crippen molar-refractivity contribution in [3.63, 3.8) is 0 Å². The Kier molecular flexibility index (Phi) is 2.59. The van der Waals surface area contributed by atoms with Crippen molar-refractivity contribution in [3.05, 3.63) is 0 Å². The van der Waals surface area contributed by atoms with Gasteiger partial charge in [0.2, 0.25) is 0 Å². The second kappa shape index (κ2) is 3.36. The van der Waals surface area contributed by atoms with Crippen molar-refractivity contribution in [2.24, 2.45) is 11.3 Å². The lowest BCUT2D eigenvalue weighted by Crippen LogP contribution is -2.25. The van der Waals surface area contributed by atoms with Crippen LogP contribution in [0.3, 0.4) is 0 Å². The molecule has 0 aromatic rings. The van der Waals surface area contributed by atoms with Gasteiger partial charge in [-0.05, 0) is 26.2 Å². The second-order valence-corrected chi connectivity index (χ2v) is 3.83. The zero-order valence-electron chi connectivity index (χ0n) is 7.87. The lowest BCUT2D eigenvalue weighted by molar-refractivity contribution is -0.149. The van der Waals surface area contributed by atoms with Crippen molar-refractivity contribution in [1.82, 2.24) is 0 Å².